The van der Waals surface area contributed by atoms with Crippen molar-refractivity contribution in [1.82, 2.24) is 10.1 Å². The van der Waals surface area contributed by atoms with Crippen LogP contribution >= 0.6 is 0 Å². The molecule has 43 heavy (non-hydrogen) atoms. The maximum absolute atomic E-state index is 12.1. The Balaban J connectivity index is 1.36. The number of nitrogens with zero attached hydrogens (tertiary/aromatic N) is 2. The minimum absolute atomic E-state index is 0.105. The molecule has 4 unspecified atom stereocenters. The Morgan fingerprint density at radius 3 is 2.56 bits per heavy atom. The molecule has 232 valence electrons. The van der Waals surface area contributed by atoms with Gasteiger partial charge in [0.05, 0.1) is 6.61 Å². The monoisotopic (exact) mass is 586 g/mol. The molecule has 0 saturated heterocycles. The number of methoxy groups -OCH3 is 1. The van der Waals surface area contributed by atoms with Crippen molar-refractivity contribution in [2.24, 2.45) is 23.2 Å². The lowest BCUT2D eigenvalue weighted by Crippen LogP contribution is -2.27. The average Bonchev–Trinajstić information content (AvgIpc) is 3.45. The smallest absolute Gasteiger partial charge is 0.306 e. The van der Waals surface area contributed by atoms with Crippen LogP contribution in [-0.4, -0.2) is 35.4 Å². The van der Waals surface area contributed by atoms with Crippen LogP contribution in [0.4, 0.5) is 0 Å². The summed E-state index contributed by atoms with van der Waals surface area (Å²) in [7, 11) is 1.76. The molecule has 4 atom stereocenters. The Labute approximate surface area is 258 Å². The van der Waals surface area contributed by atoms with Gasteiger partial charge in [0.1, 0.15) is 5.60 Å². The Hall–Kier alpha value is -3.25. The molecule has 6 nitrogen and oxygen atoms in total. The molecule has 0 aliphatic heterocycles. The highest BCUT2D eigenvalue weighted by molar-refractivity contribution is 5.81. The number of hydrogen-bond acceptors (Lipinski definition) is 6. The average molecular weight is 587 g/mol. The van der Waals surface area contributed by atoms with Crippen molar-refractivity contribution in [2.45, 2.75) is 92.6 Å². The lowest BCUT2D eigenvalue weighted by Gasteiger charge is -2.35. The second kappa shape index (κ2) is 14.0. The summed E-state index contributed by atoms with van der Waals surface area (Å²) in [5.74, 6) is 2.57. The van der Waals surface area contributed by atoms with Gasteiger partial charge in [-0.05, 0) is 94.3 Å². The van der Waals surface area contributed by atoms with Crippen molar-refractivity contribution >= 4 is 22.7 Å². The first-order valence-corrected chi connectivity index (χ1v) is 15.8. The quantitative estimate of drug-likeness (QED) is 0.231. The highest BCUT2D eigenvalue weighted by Crippen LogP contribution is 2.46. The van der Waals surface area contributed by atoms with Gasteiger partial charge in [-0.15, -0.1) is 0 Å². The minimum Gasteiger partial charge on any atom is -0.460 e. The summed E-state index contributed by atoms with van der Waals surface area (Å²) in [6.45, 7) is 15.3. The van der Waals surface area contributed by atoms with E-state index in [-0.39, 0.29) is 11.4 Å². The van der Waals surface area contributed by atoms with Crippen molar-refractivity contribution in [3.63, 3.8) is 0 Å². The second-order valence-corrected chi connectivity index (χ2v) is 13.9. The van der Waals surface area contributed by atoms with Gasteiger partial charge in [0, 0.05) is 30.1 Å². The largest absolute Gasteiger partial charge is 0.460 e. The molecule has 1 heterocycles. The third-order valence-corrected chi connectivity index (χ3v) is 8.92. The number of carbonyl (C=O) groups is 1. The zero-order chi connectivity index (χ0) is 31.2. The molecule has 0 fully saturated rings. The first kappa shape index (κ1) is 32.7. The number of esters is 1. The Bertz CT molecular complexity index is 1390. The van der Waals surface area contributed by atoms with Crippen LogP contribution in [0.25, 0.3) is 16.7 Å². The van der Waals surface area contributed by atoms with Crippen molar-refractivity contribution < 1.29 is 18.8 Å². The lowest BCUT2D eigenvalue weighted by atomic mass is 9.71. The molecule has 4 rings (SSSR count). The lowest BCUT2D eigenvalue weighted by molar-refractivity contribution is -0.155. The van der Waals surface area contributed by atoms with Crippen LogP contribution in [0, 0.1) is 30.1 Å². The molecule has 1 aromatic heterocycles. The SMILES string of the molecule is COCC1(C)CC(c2nc(C3=CC=CC(CCC(C)C(C)CCC(=O)OC(C)(C)C)C3)no2)=CC=C1c1ccccc1C. The number of aryl methyl sites for hydroxylation is 1. The van der Waals surface area contributed by atoms with E-state index in [4.69, 9.17) is 19.0 Å². The van der Waals surface area contributed by atoms with Gasteiger partial charge < -0.3 is 14.0 Å². The van der Waals surface area contributed by atoms with Gasteiger partial charge in [-0.3, -0.25) is 4.79 Å². The van der Waals surface area contributed by atoms with Crippen molar-refractivity contribution in [3.8, 4) is 0 Å². The molecule has 0 radical (unpaired) electrons. The topological polar surface area (TPSA) is 74.5 Å². The van der Waals surface area contributed by atoms with Gasteiger partial charge in [0.15, 0.2) is 5.82 Å². The third kappa shape index (κ3) is 8.66. The maximum atomic E-state index is 12.1. The van der Waals surface area contributed by atoms with E-state index in [0.29, 0.717) is 42.5 Å². The molecule has 1 aromatic carbocycles. The summed E-state index contributed by atoms with van der Waals surface area (Å²) < 4.78 is 17.0. The zero-order valence-electron chi connectivity index (χ0n) is 27.4. The number of carbonyl (C=O) groups excluding carboxylic acids is 1. The Morgan fingerprint density at radius 1 is 1.09 bits per heavy atom. The van der Waals surface area contributed by atoms with Crippen LogP contribution in [0.3, 0.4) is 0 Å². The van der Waals surface area contributed by atoms with E-state index < -0.39 is 5.60 Å². The summed E-state index contributed by atoms with van der Waals surface area (Å²) in [4.78, 5) is 17.0. The number of benzene rings is 1. The van der Waals surface area contributed by atoms with Crippen LogP contribution in [0.5, 0.6) is 0 Å². The predicted octanol–water partition coefficient (Wildman–Crippen LogP) is 9.04. The molecule has 0 amide bonds. The number of aromatic nitrogens is 2. The Morgan fingerprint density at radius 2 is 1.84 bits per heavy atom. The van der Waals surface area contributed by atoms with Crippen LogP contribution < -0.4 is 0 Å². The summed E-state index contributed by atoms with van der Waals surface area (Å²) in [6, 6.07) is 8.50. The maximum Gasteiger partial charge on any atom is 0.306 e. The molecule has 0 bridgehead atoms. The van der Waals surface area contributed by atoms with Gasteiger partial charge in [-0.25, -0.2) is 0 Å². The molecule has 0 N–H and O–H groups in total. The fourth-order valence-corrected chi connectivity index (χ4v) is 6.22. The number of hydrogen-bond donors (Lipinski definition) is 0. The van der Waals surface area contributed by atoms with E-state index in [1.807, 2.05) is 20.8 Å². The van der Waals surface area contributed by atoms with Gasteiger partial charge in [-0.1, -0.05) is 80.6 Å². The van der Waals surface area contributed by atoms with E-state index in [0.717, 1.165) is 43.3 Å². The number of rotatable bonds is 12. The van der Waals surface area contributed by atoms with Crippen LogP contribution in [0.2, 0.25) is 0 Å². The summed E-state index contributed by atoms with van der Waals surface area (Å²) in [6.07, 6.45) is 16.0. The fraction of sp³-hybridized carbons (Fsp3) is 0.541. The van der Waals surface area contributed by atoms with Crippen LogP contribution in [-0.2, 0) is 14.3 Å². The fourth-order valence-electron chi connectivity index (χ4n) is 6.22. The standard InChI is InChI=1S/C37H50N2O4/c1-25(26(2)17-21-33(40)42-36(4,5)6)16-18-28-13-11-14-29(22-28)34-38-35(43-39-34)30-19-20-32(37(7,23-30)24-41-8)31-15-10-9-12-27(31)3/h9-15,19-20,25-26,28H,16-18,21-24H2,1-8H3. The van der Waals surface area contributed by atoms with E-state index in [9.17, 15) is 4.79 Å². The first-order chi connectivity index (χ1) is 20.4. The van der Waals surface area contributed by atoms with Crippen molar-refractivity contribution in [3.05, 3.63) is 77.5 Å². The van der Waals surface area contributed by atoms with Gasteiger partial charge in [0.25, 0.3) is 5.89 Å². The molecule has 2 aliphatic carbocycles. The molecule has 2 aliphatic rings. The predicted molar refractivity (Wildman–Crippen MR) is 174 cm³/mol. The molecule has 0 saturated carbocycles. The third-order valence-electron chi connectivity index (χ3n) is 8.92. The van der Waals surface area contributed by atoms with E-state index in [1.165, 1.54) is 16.7 Å². The zero-order valence-corrected chi connectivity index (χ0v) is 27.4. The van der Waals surface area contributed by atoms with Gasteiger partial charge in [0.2, 0.25) is 0 Å². The minimum atomic E-state index is -0.427. The van der Waals surface area contributed by atoms with Crippen molar-refractivity contribution in [1.29, 1.82) is 0 Å². The van der Waals surface area contributed by atoms with Crippen LogP contribution in [0.1, 0.15) is 103 Å². The highest BCUT2D eigenvalue weighted by Gasteiger charge is 2.35. The number of allylic oxidation sites excluding steroid dienone is 7. The Kier molecular flexibility index (Phi) is 10.7. The second-order valence-electron chi connectivity index (χ2n) is 13.9. The molecular formula is C37H50N2O4. The summed E-state index contributed by atoms with van der Waals surface area (Å²) in [5, 5.41) is 4.40. The van der Waals surface area contributed by atoms with E-state index in [1.54, 1.807) is 7.11 Å². The van der Waals surface area contributed by atoms with Crippen molar-refractivity contribution in [2.75, 3.05) is 13.7 Å². The van der Waals surface area contributed by atoms with E-state index >= 15 is 0 Å². The van der Waals surface area contributed by atoms with Crippen LogP contribution in [0.15, 0.2) is 59.2 Å². The normalized spacial score (nSPS) is 22.0. The summed E-state index contributed by atoms with van der Waals surface area (Å²) in [5.41, 5.74) is 5.29. The molecule has 2 aromatic rings. The molecule has 0 spiro atoms. The highest BCUT2D eigenvalue weighted by atomic mass is 16.6. The van der Waals surface area contributed by atoms with Gasteiger partial charge in [-0.2, -0.15) is 4.98 Å². The molecular weight excluding hydrogens is 536 g/mol. The van der Waals surface area contributed by atoms with E-state index in [2.05, 4.69) is 87.5 Å². The summed E-state index contributed by atoms with van der Waals surface area (Å²) >= 11 is 0. The van der Waals surface area contributed by atoms with Gasteiger partial charge >= 0.3 is 5.97 Å². The number of ether oxygens (including phenoxy) is 2. The molecule has 6 heteroatoms. The first-order valence-electron chi connectivity index (χ1n) is 15.8.